The molecule has 0 radical (unpaired) electrons. The second kappa shape index (κ2) is 4.77. The highest BCUT2D eigenvalue weighted by Crippen LogP contribution is 2.16. The van der Waals surface area contributed by atoms with Crippen molar-refractivity contribution < 1.29 is 32.7 Å². The number of benzene rings is 1. The van der Waals surface area contributed by atoms with Gasteiger partial charge in [-0.3, -0.25) is 9.59 Å². The van der Waals surface area contributed by atoms with E-state index in [0.29, 0.717) is 0 Å². The van der Waals surface area contributed by atoms with Crippen LogP contribution >= 0.6 is 0 Å². The fraction of sp³-hybridized carbons (Fsp3) is 0.100. The van der Waals surface area contributed by atoms with Crippen LogP contribution in [0.2, 0.25) is 0 Å². The Morgan fingerprint density at radius 3 is 1.94 bits per heavy atom. The lowest BCUT2D eigenvalue weighted by molar-refractivity contribution is -0.148. The van der Waals surface area contributed by atoms with E-state index in [1.165, 1.54) is 0 Å². The Kier molecular flexibility index (Phi) is 3.62. The summed E-state index contributed by atoms with van der Waals surface area (Å²) in [6, 6.07) is 0.531. The van der Waals surface area contributed by atoms with Gasteiger partial charge in [0, 0.05) is 12.1 Å². The predicted molar refractivity (Wildman–Crippen MR) is 47.9 cm³/mol. The lowest BCUT2D eigenvalue weighted by Crippen LogP contribution is -2.18. The molecular formula is C10H5F3O4. The summed E-state index contributed by atoms with van der Waals surface area (Å²) in [5, 5.41) is 8.21. The molecular weight excluding hydrogens is 241 g/mol. The molecule has 0 aromatic heterocycles. The third-order valence-corrected chi connectivity index (χ3v) is 1.85. The number of ketones is 2. The molecule has 0 heterocycles. The average molecular weight is 246 g/mol. The summed E-state index contributed by atoms with van der Waals surface area (Å²) >= 11 is 0. The third kappa shape index (κ3) is 2.90. The quantitative estimate of drug-likeness (QED) is 0.494. The number of halogens is 3. The number of carbonyl (C=O) groups excluding carboxylic acids is 2. The lowest BCUT2D eigenvalue weighted by atomic mass is 10.0. The molecule has 0 atom stereocenters. The van der Waals surface area contributed by atoms with Crippen LogP contribution < -0.4 is 0 Å². The van der Waals surface area contributed by atoms with E-state index in [2.05, 4.69) is 0 Å². The Hall–Kier alpha value is -2.18. The maximum absolute atomic E-state index is 13.1. The first-order valence-corrected chi connectivity index (χ1v) is 4.26. The van der Waals surface area contributed by atoms with Crippen molar-refractivity contribution in [2.45, 2.75) is 6.42 Å². The van der Waals surface area contributed by atoms with Gasteiger partial charge < -0.3 is 5.11 Å². The molecule has 7 heteroatoms. The second-order valence-electron chi connectivity index (χ2n) is 3.07. The molecule has 1 aromatic carbocycles. The zero-order valence-electron chi connectivity index (χ0n) is 8.17. The van der Waals surface area contributed by atoms with Gasteiger partial charge in [0.05, 0.1) is 12.0 Å². The normalized spacial score (nSPS) is 10.1. The van der Waals surface area contributed by atoms with Gasteiger partial charge in [0.2, 0.25) is 5.78 Å². The Bertz CT molecular complexity index is 487. The first-order valence-electron chi connectivity index (χ1n) is 4.26. The van der Waals surface area contributed by atoms with E-state index in [9.17, 15) is 27.6 Å². The van der Waals surface area contributed by atoms with Crippen molar-refractivity contribution in [2.75, 3.05) is 0 Å². The number of carboxylic acid groups (broad SMARTS) is 1. The van der Waals surface area contributed by atoms with Crippen LogP contribution in [0.5, 0.6) is 0 Å². The van der Waals surface area contributed by atoms with Crippen molar-refractivity contribution in [2.24, 2.45) is 0 Å². The van der Waals surface area contributed by atoms with Crippen LogP contribution in [0.25, 0.3) is 0 Å². The molecule has 0 unspecified atom stereocenters. The van der Waals surface area contributed by atoms with Gasteiger partial charge in [-0.2, -0.15) is 0 Å². The molecule has 0 aliphatic heterocycles. The first kappa shape index (κ1) is 12.9. The standard InChI is InChI=1S/C10H5F3O4/c11-4-1-5(12)9(6(13)2-4)7(14)3-8(15)10(16)17/h1-2H,3H2,(H,16,17). The number of carboxylic acids is 1. The van der Waals surface area contributed by atoms with E-state index in [4.69, 9.17) is 5.11 Å². The predicted octanol–water partition coefficient (Wildman–Crippen LogP) is 1.33. The van der Waals surface area contributed by atoms with E-state index in [0.717, 1.165) is 0 Å². The zero-order valence-corrected chi connectivity index (χ0v) is 8.17. The highest BCUT2D eigenvalue weighted by atomic mass is 19.1. The molecule has 90 valence electrons. The summed E-state index contributed by atoms with van der Waals surface area (Å²) in [5.41, 5.74) is -1.12. The zero-order chi connectivity index (χ0) is 13.2. The highest BCUT2D eigenvalue weighted by Gasteiger charge is 2.23. The van der Waals surface area contributed by atoms with Crippen LogP contribution in [-0.4, -0.2) is 22.6 Å². The number of Topliss-reactive ketones (excluding diaryl/α,β-unsaturated/α-hetero) is 2. The number of aliphatic carboxylic acids is 1. The van der Waals surface area contributed by atoms with Gasteiger partial charge in [-0.05, 0) is 0 Å². The summed E-state index contributed by atoms with van der Waals surface area (Å²) in [7, 11) is 0. The van der Waals surface area contributed by atoms with E-state index >= 15 is 0 Å². The van der Waals surface area contributed by atoms with Crippen molar-refractivity contribution in [3.63, 3.8) is 0 Å². The summed E-state index contributed by atoms with van der Waals surface area (Å²) in [6.45, 7) is 0. The minimum atomic E-state index is -1.89. The molecule has 0 aliphatic carbocycles. The average Bonchev–Trinajstić information content (AvgIpc) is 2.15. The molecule has 4 nitrogen and oxygen atoms in total. The smallest absolute Gasteiger partial charge is 0.372 e. The number of hydrogen-bond donors (Lipinski definition) is 1. The first-order chi connectivity index (χ1) is 7.82. The van der Waals surface area contributed by atoms with Crippen LogP contribution in [-0.2, 0) is 9.59 Å². The fourth-order valence-corrected chi connectivity index (χ4v) is 1.12. The van der Waals surface area contributed by atoms with Gasteiger partial charge in [0.1, 0.15) is 17.5 Å². The van der Waals surface area contributed by atoms with Crippen LogP contribution in [0.3, 0.4) is 0 Å². The maximum Gasteiger partial charge on any atom is 0.372 e. The molecule has 1 N–H and O–H groups in total. The Balaban J connectivity index is 3.05. The molecule has 0 saturated heterocycles. The summed E-state index contributed by atoms with van der Waals surface area (Å²) in [5.74, 6) is -8.93. The lowest BCUT2D eigenvalue weighted by Gasteiger charge is -2.02. The van der Waals surface area contributed by atoms with Crippen LogP contribution in [0.1, 0.15) is 16.8 Å². The number of hydrogen-bond acceptors (Lipinski definition) is 3. The van der Waals surface area contributed by atoms with Gasteiger partial charge in [-0.25, -0.2) is 18.0 Å². The van der Waals surface area contributed by atoms with Gasteiger partial charge in [-0.15, -0.1) is 0 Å². The monoisotopic (exact) mass is 246 g/mol. The maximum atomic E-state index is 13.1. The molecule has 1 aromatic rings. The van der Waals surface area contributed by atoms with Crippen molar-refractivity contribution in [1.82, 2.24) is 0 Å². The fourth-order valence-electron chi connectivity index (χ4n) is 1.12. The molecule has 0 spiro atoms. The van der Waals surface area contributed by atoms with Gasteiger partial charge in [-0.1, -0.05) is 0 Å². The number of carbonyl (C=O) groups is 3. The minimum absolute atomic E-state index is 0.265. The molecule has 0 aliphatic rings. The molecule has 0 amide bonds. The Morgan fingerprint density at radius 1 is 1.06 bits per heavy atom. The van der Waals surface area contributed by atoms with Gasteiger partial charge >= 0.3 is 5.97 Å². The van der Waals surface area contributed by atoms with Crippen molar-refractivity contribution in [1.29, 1.82) is 0 Å². The Morgan fingerprint density at radius 2 is 1.53 bits per heavy atom. The largest absolute Gasteiger partial charge is 0.475 e. The summed E-state index contributed by atoms with van der Waals surface area (Å²) in [6.07, 6.45) is -1.19. The summed E-state index contributed by atoms with van der Waals surface area (Å²) < 4.78 is 38.6. The molecule has 1 rings (SSSR count). The van der Waals surface area contributed by atoms with Crippen LogP contribution in [0, 0.1) is 17.5 Å². The van der Waals surface area contributed by atoms with E-state index in [-0.39, 0.29) is 12.1 Å². The van der Waals surface area contributed by atoms with Crippen molar-refractivity contribution in [3.05, 3.63) is 35.1 Å². The van der Waals surface area contributed by atoms with Crippen LogP contribution in [0.15, 0.2) is 12.1 Å². The van der Waals surface area contributed by atoms with Crippen LogP contribution in [0.4, 0.5) is 13.2 Å². The van der Waals surface area contributed by atoms with E-state index in [1.54, 1.807) is 0 Å². The summed E-state index contributed by atoms with van der Waals surface area (Å²) in [4.78, 5) is 32.0. The van der Waals surface area contributed by atoms with Gasteiger partial charge in [0.25, 0.3) is 0 Å². The third-order valence-electron chi connectivity index (χ3n) is 1.85. The van der Waals surface area contributed by atoms with E-state index < -0.39 is 47.0 Å². The molecule has 17 heavy (non-hydrogen) atoms. The van der Waals surface area contributed by atoms with Crippen molar-refractivity contribution in [3.8, 4) is 0 Å². The van der Waals surface area contributed by atoms with E-state index in [1.807, 2.05) is 0 Å². The topological polar surface area (TPSA) is 71.4 Å². The SMILES string of the molecule is O=C(O)C(=O)CC(=O)c1c(F)cc(F)cc1F. The van der Waals surface area contributed by atoms with Crippen molar-refractivity contribution >= 4 is 17.5 Å². The Labute approximate surface area is 92.7 Å². The second-order valence-corrected chi connectivity index (χ2v) is 3.07. The minimum Gasteiger partial charge on any atom is -0.475 e. The van der Waals surface area contributed by atoms with Gasteiger partial charge in [0.15, 0.2) is 5.78 Å². The molecule has 0 fully saturated rings. The number of rotatable bonds is 4. The highest BCUT2D eigenvalue weighted by molar-refractivity contribution is 6.37. The molecule has 0 saturated carbocycles. The molecule has 0 bridgehead atoms.